The van der Waals surface area contributed by atoms with E-state index in [0.29, 0.717) is 31.7 Å². The van der Waals surface area contributed by atoms with Crippen molar-refractivity contribution in [3.63, 3.8) is 0 Å². The average Bonchev–Trinajstić information content (AvgIpc) is 3.11. The molecule has 0 aliphatic carbocycles. The topological polar surface area (TPSA) is 86.9 Å². The van der Waals surface area contributed by atoms with Crippen molar-refractivity contribution in [2.75, 3.05) is 18.5 Å². The highest BCUT2D eigenvalue weighted by Gasteiger charge is 2.18. The normalized spacial score (nSPS) is 14.2. The van der Waals surface area contributed by atoms with Crippen molar-refractivity contribution in [3.05, 3.63) is 53.3 Å². The molecule has 0 bridgehead atoms. The lowest BCUT2D eigenvalue weighted by molar-refractivity contribution is 0.0208. The highest BCUT2D eigenvalue weighted by atomic mass is 16.5. The van der Waals surface area contributed by atoms with Gasteiger partial charge in [-0.05, 0) is 18.6 Å². The Balaban J connectivity index is 1.54. The van der Waals surface area contributed by atoms with Crippen LogP contribution in [-0.2, 0) is 11.3 Å². The van der Waals surface area contributed by atoms with Gasteiger partial charge in [-0.3, -0.25) is 4.79 Å². The summed E-state index contributed by atoms with van der Waals surface area (Å²) in [5.74, 6) is 0.591. The molecule has 1 aliphatic heterocycles. The van der Waals surface area contributed by atoms with E-state index in [9.17, 15) is 4.79 Å². The second kappa shape index (κ2) is 7.09. The first kappa shape index (κ1) is 16.5. The van der Waals surface area contributed by atoms with E-state index in [4.69, 9.17) is 4.74 Å². The Kier molecular flexibility index (Phi) is 4.49. The Morgan fingerprint density at radius 3 is 2.73 bits per heavy atom. The number of hydrogen-bond donors (Lipinski definition) is 1. The van der Waals surface area contributed by atoms with Crippen LogP contribution in [0.2, 0.25) is 0 Å². The number of rotatable bonds is 6. The van der Waals surface area contributed by atoms with Crippen LogP contribution < -0.4 is 10.9 Å². The van der Waals surface area contributed by atoms with Crippen molar-refractivity contribution in [2.24, 2.45) is 0 Å². The maximum Gasteiger partial charge on any atom is 0.250 e. The number of aryl methyl sites for hydroxylation is 1. The summed E-state index contributed by atoms with van der Waals surface area (Å²) in [6, 6.07) is 5.54. The largest absolute Gasteiger partial charge is 0.377 e. The van der Waals surface area contributed by atoms with Gasteiger partial charge in [0.05, 0.1) is 30.6 Å². The lowest BCUT2D eigenvalue weighted by Crippen LogP contribution is -2.40. The highest BCUT2D eigenvalue weighted by Crippen LogP contribution is 2.18. The summed E-state index contributed by atoms with van der Waals surface area (Å²) in [5, 5.41) is 7.79. The molecule has 0 aromatic carbocycles. The van der Waals surface area contributed by atoms with Gasteiger partial charge in [-0.2, -0.15) is 5.10 Å². The van der Waals surface area contributed by atoms with Gasteiger partial charge < -0.3 is 14.6 Å². The molecular formula is C18H20N6O2. The molecule has 0 amide bonds. The quantitative estimate of drug-likeness (QED) is 0.727. The molecule has 0 saturated carbocycles. The zero-order valence-corrected chi connectivity index (χ0v) is 14.5. The first-order valence-corrected chi connectivity index (χ1v) is 8.66. The van der Waals surface area contributed by atoms with E-state index in [1.807, 2.05) is 25.4 Å². The van der Waals surface area contributed by atoms with Gasteiger partial charge in [0, 0.05) is 43.0 Å². The van der Waals surface area contributed by atoms with E-state index in [1.165, 1.54) is 0 Å². The maximum absolute atomic E-state index is 11.9. The minimum Gasteiger partial charge on any atom is -0.377 e. The standard InChI is InChI=1S/C18H20N6O2/c1-2-6-23-10-15(3-4-17(23)25)24-7-5-16(22-24)13-8-19-18(20-9-13)21-14-11-26-12-14/h3-5,7-10,14H,2,6,11-12H2,1H3,(H,19,20,21). The van der Waals surface area contributed by atoms with Crippen molar-refractivity contribution >= 4 is 5.95 Å². The van der Waals surface area contributed by atoms with Gasteiger partial charge in [-0.15, -0.1) is 0 Å². The number of ether oxygens (including phenoxy) is 1. The molecule has 0 atom stereocenters. The minimum atomic E-state index is -0.00340. The lowest BCUT2D eigenvalue weighted by atomic mass is 10.2. The van der Waals surface area contributed by atoms with Crippen molar-refractivity contribution in [3.8, 4) is 16.9 Å². The molecule has 1 aliphatic rings. The van der Waals surface area contributed by atoms with Crippen molar-refractivity contribution in [1.29, 1.82) is 0 Å². The third-order valence-corrected chi connectivity index (χ3v) is 4.20. The summed E-state index contributed by atoms with van der Waals surface area (Å²) >= 11 is 0. The molecule has 1 saturated heterocycles. The third kappa shape index (κ3) is 3.36. The van der Waals surface area contributed by atoms with Crippen molar-refractivity contribution < 1.29 is 4.74 Å². The summed E-state index contributed by atoms with van der Waals surface area (Å²) in [5.41, 5.74) is 2.45. The SMILES string of the molecule is CCCn1cc(-n2ccc(-c3cnc(NC4COC4)nc3)n2)ccc1=O. The smallest absolute Gasteiger partial charge is 0.250 e. The fourth-order valence-corrected chi connectivity index (χ4v) is 2.73. The van der Waals surface area contributed by atoms with Gasteiger partial charge in [0.1, 0.15) is 0 Å². The predicted molar refractivity (Wildman–Crippen MR) is 97.4 cm³/mol. The summed E-state index contributed by atoms with van der Waals surface area (Å²) < 4.78 is 8.57. The molecule has 1 N–H and O–H groups in total. The second-order valence-electron chi connectivity index (χ2n) is 6.24. The van der Waals surface area contributed by atoms with Gasteiger partial charge in [-0.25, -0.2) is 14.6 Å². The number of nitrogens with one attached hydrogen (secondary N) is 1. The van der Waals surface area contributed by atoms with E-state index >= 15 is 0 Å². The van der Waals surface area contributed by atoms with Crippen LogP contribution in [-0.4, -0.2) is 43.6 Å². The minimum absolute atomic E-state index is 0.00340. The van der Waals surface area contributed by atoms with Crippen LogP contribution in [0.4, 0.5) is 5.95 Å². The van der Waals surface area contributed by atoms with E-state index < -0.39 is 0 Å². The van der Waals surface area contributed by atoms with Crippen LogP contribution >= 0.6 is 0 Å². The first-order valence-electron chi connectivity index (χ1n) is 8.66. The Hall–Kier alpha value is -3.00. The molecule has 1 fully saturated rings. The van der Waals surface area contributed by atoms with Crippen LogP contribution in [0.15, 0.2) is 47.8 Å². The molecule has 0 radical (unpaired) electrons. The van der Waals surface area contributed by atoms with E-state index in [-0.39, 0.29) is 5.56 Å². The Morgan fingerprint density at radius 1 is 1.23 bits per heavy atom. The van der Waals surface area contributed by atoms with Gasteiger partial charge in [-0.1, -0.05) is 6.92 Å². The molecule has 3 aromatic heterocycles. The van der Waals surface area contributed by atoms with Crippen LogP contribution in [0.25, 0.3) is 16.9 Å². The number of anilines is 1. The molecule has 0 unspecified atom stereocenters. The molecule has 26 heavy (non-hydrogen) atoms. The molecule has 8 heteroatoms. The van der Waals surface area contributed by atoms with Gasteiger partial charge >= 0.3 is 0 Å². The summed E-state index contributed by atoms with van der Waals surface area (Å²) in [6.45, 7) is 4.11. The molecule has 0 spiro atoms. The highest BCUT2D eigenvalue weighted by molar-refractivity contribution is 5.57. The molecule has 4 rings (SSSR count). The molecule has 4 heterocycles. The number of nitrogens with zero attached hydrogens (tertiary/aromatic N) is 5. The average molecular weight is 352 g/mol. The fourth-order valence-electron chi connectivity index (χ4n) is 2.73. The molecule has 8 nitrogen and oxygen atoms in total. The Labute approximate surface area is 150 Å². The molecule has 134 valence electrons. The zero-order chi connectivity index (χ0) is 17.9. The van der Waals surface area contributed by atoms with Gasteiger partial charge in [0.2, 0.25) is 5.95 Å². The summed E-state index contributed by atoms with van der Waals surface area (Å²) in [6.07, 6.45) is 8.09. The lowest BCUT2D eigenvalue weighted by Gasteiger charge is -2.26. The predicted octanol–water partition coefficient (Wildman–Crippen LogP) is 1.71. The molecule has 3 aromatic rings. The third-order valence-electron chi connectivity index (χ3n) is 4.20. The van der Waals surface area contributed by atoms with E-state index in [2.05, 4.69) is 20.4 Å². The number of hydrogen-bond acceptors (Lipinski definition) is 6. The van der Waals surface area contributed by atoms with Gasteiger partial charge in [0.15, 0.2) is 0 Å². The fraction of sp³-hybridized carbons (Fsp3) is 0.333. The van der Waals surface area contributed by atoms with E-state index in [0.717, 1.165) is 23.4 Å². The van der Waals surface area contributed by atoms with Crippen LogP contribution in [0, 0.1) is 0 Å². The Bertz CT molecular complexity index is 943. The van der Waals surface area contributed by atoms with Crippen LogP contribution in [0.5, 0.6) is 0 Å². The second-order valence-corrected chi connectivity index (χ2v) is 6.24. The van der Waals surface area contributed by atoms with Crippen LogP contribution in [0.1, 0.15) is 13.3 Å². The van der Waals surface area contributed by atoms with Crippen molar-refractivity contribution in [2.45, 2.75) is 25.9 Å². The summed E-state index contributed by atoms with van der Waals surface area (Å²) in [4.78, 5) is 20.5. The zero-order valence-electron chi connectivity index (χ0n) is 14.5. The number of aromatic nitrogens is 5. The summed E-state index contributed by atoms with van der Waals surface area (Å²) in [7, 11) is 0. The van der Waals surface area contributed by atoms with E-state index in [1.54, 1.807) is 33.8 Å². The maximum atomic E-state index is 11.9. The van der Waals surface area contributed by atoms with Gasteiger partial charge in [0.25, 0.3) is 5.56 Å². The molecular weight excluding hydrogens is 332 g/mol. The first-order chi connectivity index (χ1) is 12.7. The van der Waals surface area contributed by atoms with Crippen molar-refractivity contribution in [1.82, 2.24) is 24.3 Å². The van der Waals surface area contributed by atoms with Crippen LogP contribution in [0.3, 0.4) is 0 Å². The Morgan fingerprint density at radius 2 is 2.04 bits per heavy atom. The monoisotopic (exact) mass is 352 g/mol. The number of pyridine rings is 1.